The van der Waals surface area contributed by atoms with E-state index in [-0.39, 0.29) is 11.2 Å². The molecule has 0 N–H and O–H groups in total. The van der Waals surface area contributed by atoms with Gasteiger partial charge in [-0.15, -0.1) is 0 Å². The molecule has 0 unspecified atom stereocenters. The maximum Gasteiger partial charge on any atom is 0.332 e. The number of benzene rings is 1. The summed E-state index contributed by atoms with van der Waals surface area (Å²) in [6, 6.07) is 9.92. The van der Waals surface area contributed by atoms with Crippen LogP contribution in [0.25, 0.3) is 22.6 Å². The van der Waals surface area contributed by atoms with E-state index >= 15 is 0 Å². The van der Waals surface area contributed by atoms with Gasteiger partial charge in [0.25, 0.3) is 5.56 Å². The summed E-state index contributed by atoms with van der Waals surface area (Å²) in [5.74, 6) is 1.05. The third-order valence-electron chi connectivity index (χ3n) is 5.46. The third-order valence-corrected chi connectivity index (χ3v) is 5.46. The zero-order valence-electron chi connectivity index (χ0n) is 16.9. The highest BCUT2D eigenvalue weighted by molar-refractivity contribution is 5.77. The largest absolute Gasteiger partial charge is 0.332 e. The van der Waals surface area contributed by atoms with Crippen LogP contribution in [0, 0.1) is 19.8 Å². The second kappa shape index (κ2) is 6.51. The van der Waals surface area contributed by atoms with Gasteiger partial charge in [-0.05, 0) is 38.3 Å². The zero-order chi connectivity index (χ0) is 20.2. The first-order valence-electron chi connectivity index (χ1n) is 9.58. The average Bonchev–Trinajstić information content (AvgIpc) is 3.16. The lowest BCUT2D eigenvalue weighted by molar-refractivity contribution is 0.488. The second-order valence-corrected chi connectivity index (χ2v) is 7.74. The SMILES string of the molecule is Cc1c(C)n2c3c(=O)n(CCC(C)C)c(=O)n(C)c3nc2n1-c1ccccc1. The highest BCUT2D eigenvalue weighted by atomic mass is 16.2. The molecule has 146 valence electrons. The first kappa shape index (κ1) is 18.3. The molecule has 0 bridgehead atoms. The molecule has 28 heavy (non-hydrogen) atoms. The third kappa shape index (κ3) is 2.53. The van der Waals surface area contributed by atoms with Crippen molar-refractivity contribution in [3.05, 3.63) is 62.6 Å². The van der Waals surface area contributed by atoms with E-state index in [0.717, 1.165) is 23.5 Å². The summed E-state index contributed by atoms with van der Waals surface area (Å²) in [5, 5.41) is 0. The lowest BCUT2D eigenvalue weighted by Crippen LogP contribution is -2.39. The summed E-state index contributed by atoms with van der Waals surface area (Å²) in [6.45, 7) is 8.56. The van der Waals surface area contributed by atoms with Gasteiger partial charge in [0.15, 0.2) is 11.2 Å². The van der Waals surface area contributed by atoms with E-state index in [1.54, 1.807) is 7.05 Å². The predicted molar refractivity (Wildman–Crippen MR) is 110 cm³/mol. The van der Waals surface area contributed by atoms with Crippen LogP contribution in [0.3, 0.4) is 0 Å². The van der Waals surface area contributed by atoms with E-state index in [9.17, 15) is 9.59 Å². The molecule has 0 saturated carbocycles. The Morgan fingerprint density at radius 3 is 2.36 bits per heavy atom. The molecule has 0 fully saturated rings. The number of aromatic nitrogens is 5. The minimum Gasteiger partial charge on any atom is -0.283 e. The van der Waals surface area contributed by atoms with Gasteiger partial charge < -0.3 is 0 Å². The molecule has 0 spiro atoms. The Bertz CT molecular complexity index is 1300. The molecule has 0 atom stereocenters. The fraction of sp³-hybridized carbons (Fsp3) is 0.381. The summed E-state index contributed by atoms with van der Waals surface area (Å²) in [6.07, 6.45) is 0.769. The second-order valence-electron chi connectivity index (χ2n) is 7.74. The molecular formula is C21H25N5O2. The number of imidazole rings is 2. The molecule has 0 aliphatic heterocycles. The molecule has 0 radical (unpaired) electrons. The summed E-state index contributed by atoms with van der Waals surface area (Å²) >= 11 is 0. The normalized spacial score (nSPS) is 11.9. The van der Waals surface area contributed by atoms with Crippen LogP contribution in [0.4, 0.5) is 0 Å². The Morgan fingerprint density at radius 1 is 1.04 bits per heavy atom. The van der Waals surface area contributed by atoms with E-state index in [2.05, 4.69) is 13.8 Å². The van der Waals surface area contributed by atoms with Crippen molar-refractivity contribution in [3.63, 3.8) is 0 Å². The first-order chi connectivity index (χ1) is 13.3. The van der Waals surface area contributed by atoms with Crippen LogP contribution in [0.2, 0.25) is 0 Å². The van der Waals surface area contributed by atoms with Crippen LogP contribution in [-0.4, -0.2) is 23.1 Å². The Hall–Kier alpha value is -3.09. The van der Waals surface area contributed by atoms with E-state index in [1.807, 2.05) is 53.1 Å². The lowest BCUT2D eigenvalue weighted by atomic mass is 10.1. The van der Waals surface area contributed by atoms with Crippen molar-refractivity contribution in [2.24, 2.45) is 13.0 Å². The van der Waals surface area contributed by atoms with Crippen LogP contribution >= 0.6 is 0 Å². The molecule has 0 amide bonds. The van der Waals surface area contributed by atoms with E-state index in [0.29, 0.717) is 29.4 Å². The fourth-order valence-electron chi connectivity index (χ4n) is 3.72. The van der Waals surface area contributed by atoms with E-state index < -0.39 is 0 Å². The standard InChI is InChI=1S/C21H25N5O2/c1-13(2)11-12-24-19(27)17-18(23(5)21(24)28)22-20-25(14(3)15(4)26(17)20)16-9-7-6-8-10-16/h6-10,13H,11-12H2,1-5H3. The Kier molecular flexibility index (Phi) is 4.25. The molecule has 4 rings (SSSR count). The molecule has 0 saturated heterocycles. The van der Waals surface area contributed by atoms with Crippen molar-refractivity contribution < 1.29 is 0 Å². The number of para-hydroxylation sites is 1. The fourth-order valence-corrected chi connectivity index (χ4v) is 3.72. The molecule has 1 aromatic carbocycles. The number of aryl methyl sites for hydroxylation is 2. The van der Waals surface area contributed by atoms with Gasteiger partial charge in [-0.3, -0.25) is 22.9 Å². The topological polar surface area (TPSA) is 66.2 Å². The van der Waals surface area contributed by atoms with Crippen LogP contribution in [0.5, 0.6) is 0 Å². The molecule has 0 aliphatic rings. The van der Waals surface area contributed by atoms with Crippen molar-refractivity contribution >= 4 is 16.9 Å². The van der Waals surface area contributed by atoms with Gasteiger partial charge in [-0.2, -0.15) is 4.98 Å². The van der Waals surface area contributed by atoms with Gasteiger partial charge in [0.05, 0.1) is 0 Å². The van der Waals surface area contributed by atoms with Crippen LogP contribution in [-0.2, 0) is 13.6 Å². The van der Waals surface area contributed by atoms with Gasteiger partial charge in [0.1, 0.15) is 0 Å². The number of nitrogens with zero attached hydrogens (tertiary/aromatic N) is 5. The highest BCUT2D eigenvalue weighted by Gasteiger charge is 2.23. The van der Waals surface area contributed by atoms with E-state index in [1.165, 1.54) is 9.13 Å². The quantitative estimate of drug-likeness (QED) is 0.548. The van der Waals surface area contributed by atoms with Gasteiger partial charge >= 0.3 is 5.69 Å². The van der Waals surface area contributed by atoms with Gasteiger partial charge in [-0.25, -0.2) is 4.79 Å². The Labute approximate surface area is 162 Å². The molecule has 3 heterocycles. The molecule has 7 nitrogen and oxygen atoms in total. The summed E-state index contributed by atoms with van der Waals surface area (Å²) in [7, 11) is 1.68. The number of rotatable bonds is 4. The number of fused-ring (bicyclic) bond motifs is 3. The predicted octanol–water partition coefficient (Wildman–Crippen LogP) is 2.80. The molecule has 4 aromatic rings. The highest BCUT2D eigenvalue weighted by Crippen LogP contribution is 2.24. The average molecular weight is 379 g/mol. The van der Waals surface area contributed by atoms with Crippen LogP contribution < -0.4 is 11.2 Å². The molecule has 7 heteroatoms. The maximum absolute atomic E-state index is 13.3. The number of hydrogen-bond acceptors (Lipinski definition) is 3. The summed E-state index contributed by atoms with van der Waals surface area (Å²) in [4.78, 5) is 30.8. The Balaban J connectivity index is 2.11. The van der Waals surface area contributed by atoms with Crippen LogP contribution in [0.15, 0.2) is 39.9 Å². The van der Waals surface area contributed by atoms with Crippen molar-refractivity contribution in [3.8, 4) is 5.69 Å². The summed E-state index contributed by atoms with van der Waals surface area (Å²) < 4.78 is 6.72. The minimum absolute atomic E-state index is 0.278. The van der Waals surface area contributed by atoms with Crippen molar-refractivity contribution in [1.29, 1.82) is 0 Å². The van der Waals surface area contributed by atoms with Crippen molar-refractivity contribution in [1.82, 2.24) is 23.1 Å². The summed E-state index contributed by atoms with van der Waals surface area (Å²) in [5.41, 5.74) is 3.19. The Morgan fingerprint density at radius 2 is 1.71 bits per heavy atom. The van der Waals surface area contributed by atoms with Crippen LogP contribution in [0.1, 0.15) is 31.7 Å². The minimum atomic E-state index is -0.320. The van der Waals surface area contributed by atoms with Crippen molar-refractivity contribution in [2.45, 2.75) is 40.7 Å². The van der Waals surface area contributed by atoms with Crippen molar-refractivity contribution in [2.75, 3.05) is 0 Å². The van der Waals surface area contributed by atoms with Gasteiger partial charge in [0.2, 0.25) is 5.78 Å². The van der Waals surface area contributed by atoms with E-state index in [4.69, 9.17) is 4.98 Å². The van der Waals surface area contributed by atoms with Gasteiger partial charge in [-0.1, -0.05) is 32.0 Å². The molecular weight excluding hydrogens is 354 g/mol. The number of hydrogen-bond donors (Lipinski definition) is 0. The molecule has 3 aromatic heterocycles. The first-order valence-corrected chi connectivity index (χ1v) is 9.58. The lowest BCUT2D eigenvalue weighted by Gasteiger charge is -2.10. The smallest absolute Gasteiger partial charge is 0.283 e. The maximum atomic E-state index is 13.3. The zero-order valence-corrected chi connectivity index (χ0v) is 16.9. The molecule has 0 aliphatic carbocycles. The monoisotopic (exact) mass is 379 g/mol. The van der Waals surface area contributed by atoms with Gasteiger partial charge in [0, 0.05) is 30.7 Å².